The van der Waals surface area contributed by atoms with Gasteiger partial charge in [-0.2, -0.15) is 0 Å². The van der Waals surface area contributed by atoms with Gasteiger partial charge in [0.2, 0.25) is 0 Å². The van der Waals surface area contributed by atoms with Crippen LogP contribution in [0.25, 0.3) is 22.0 Å². The molecule has 2 N–H and O–H groups in total. The molecule has 0 amide bonds. The van der Waals surface area contributed by atoms with Crippen molar-refractivity contribution in [2.75, 3.05) is 51.2 Å². The maximum absolute atomic E-state index is 6.64. The summed E-state index contributed by atoms with van der Waals surface area (Å²) in [6.07, 6.45) is 1.74. The van der Waals surface area contributed by atoms with Crippen molar-refractivity contribution in [1.29, 1.82) is 0 Å². The number of benzene rings is 1. The minimum Gasteiger partial charge on any atom is -0.495 e. The Kier molecular flexibility index (Phi) is 4.57. The topological polar surface area (TPSA) is 82.7 Å². The largest absolute Gasteiger partial charge is 0.495 e. The molecule has 7 nitrogen and oxygen atoms in total. The Hall–Kier alpha value is -2.48. The van der Waals surface area contributed by atoms with E-state index in [0.717, 1.165) is 42.9 Å². The van der Waals surface area contributed by atoms with Crippen molar-refractivity contribution in [2.45, 2.75) is 0 Å². The smallest absolute Gasteiger partial charge is 0.141 e. The van der Waals surface area contributed by atoms with E-state index in [1.165, 1.54) is 0 Å². The molecule has 9 heteroatoms. The third-order valence-corrected chi connectivity index (χ3v) is 6.46. The number of ether oxygens (including phenoxy) is 3. The molecule has 1 spiro atoms. The molecule has 2 aliphatic rings. The Morgan fingerprint density at radius 3 is 2.30 bits per heavy atom. The fourth-order valence-electron chi connectivity index (χ4n) is 4.11. The van der Waals surface area contributed by atoms with Gasteiger partial charge in [-0.15, -0.1) is 0 Å². The predicted octanol–water partition coefficient (Wildman–Crippen LogP) is 4.04. The van der Waals surface area contributed by atoms with E-state index in [1.54, 1.807) is 26.5 Å². The van der Waals surface area contributed by atoms with Gasteiger partial charge >= 0.3 is 0 Å². The van der Waals surface area contributed by atoms with Crippen LogP contribution >= 0.6 is 23.2 Å². The monoisotopic (exact) mass is 446 g/mol. The number of anilines is 2. The standard InChI is InChI=1S/C21H20Cl2N4O3/c1-28-14-5-15(29-2)19(23)17(18(14)22)13-3-11-6-25-16(24)4-12(11)20(26-13)27-7-21(8-27)9-30-10-21/h3-6H,7-10H2,1-2H3,(H2,24,25). The highest BCUT2D eigenvalue weighted by Crippen LogP contribution is 2.47. The summed E-state index contributed by atoms with van der Waals surface area (Å²) >= 11 is 13.3. The summed E-state index contributed by atoms with van der Waals surface area (Å²) in [4.78, 5) is 11.4. The van der Waals surface area contributed by atoms with E-state index in [0.29, 0.717) is 38.6 Å². The Labute approximate surface area is 183 Å². The third kappa shape index (κ3) is 2.92. The number of pyridine rings is 2. The lowest BCUT2D eigenvalue weighted by molar-refractivity contribution is -0.127. The fourth-order valence-corrected chi connectivity index (χ4v) is 4.81. The van der Waals surface area contributed by atoms with Gasteiger partial charge in [-0.3, -0.25) is 0 Å². The van der Waals surface area contributed by atoms with Crippen LogP contribution in [0, 0.1) is 5.41 Å². The quantitative estimate of drug-likeness (QED) is 0.647. The first-order valence-electron chi connectivity index (χ1n) is 9.44. The van der Waals surface area contributed by atoms with Gasteiger partial charge in [0.15, 0.2) is 0 Å². The molecule has 0 unspecified atom stereocenters. The van der Waals surface area contributed by atoms with E-state index < -0.39 is 0 Å². The molecule has 3 aromatic rings. The summed E-state index contributed by atoms with van der Waals surface area (Å²) in [6.45, 7) is 3.33. The molecule has 2 fully saturated rings. The number of nitrogens with two attached hydrogens (primary N) is 1. The van der Waals surface area contributed by atoms with Crippen molar-refractivity contribution in [1.82, 2.24) is 9.97 Å². The van der Waals surface area contributed by atoms with Crippen LogP contribution in [0.2, 0.25) is 10.0 Å². The van der Waals surface area contributed by atoms with E-state index in [1.807, 2.05) is 12.1 Å². The molecule has 4 heterocycles. The molecule has 0 saturated carbocycles. The number of hydrogen-bond donors (Lipinski definition) is 1. The highest BCUT2D eigenvalue weighted by Gasteiger charge is 2.49. The number of nitrogens with zero attached hydrogens (tertiary/aromatic N) is 3. The molecule has 0 radical (unpaired) electrons. The Morgan fingerprint density at radius 2 is 1.73 bits per heavy atom. The molecular formula is C21H20Cl2N4O3. The molecule has 156 valence electrons. The first-order valence-corrected chi connectivity index (χ1v) is 10.2. The second-order valence-corrected chi connectivity index (χ2v) is 8.55. The minimum absolute atomic E-state index is 0.233. The molecule has 2 aromatic heterocycles. The Morgan fingerprint density at radius 1 is 1.07 bits per heavy atom. The number of aromatic nitrogens is 2. The first-order chi connectivity index (χ1) is 14.4. The first kappa shape index (κ1) is 19.5. The molecule has 0 atom stereocenters. The molecule has 1 aromatic carbocycles. The van der Waals surface area contributed by atoms with Gasteiger partial charge in [0.05, 0.1) is 48.6 Å². The zero-order valence-electron chi connectivity index (χ0n) is 16.5. The molecule has 0 bridgehead atoms. The lowest BCUT2D eigenvalue weighted by Crippen LogP contribution is -2.66. The van der Waals surface area contributed by atoms with Crippen molar-refractivity contribution in [3.8, 4) is 22.8 Å². The molecule has 2 saturated heterocycles. The van der Waals surface area contributed by atoms with Crippen molar-refractivity contribution in [3.05, 3.63) is 34.4 Å². The molecule has 5 rings (SSSR count). The predicted molar refractivity (Wildman–Crippen MR) is 118 cm³/mol. The summed E-state index contributed by atoms with van der Waals surface area (Å²) in [5.41, 5.74) is 7.36. The minimum atomic E-state index is 0.233. The summed E-state index contributed by atoms with van der Waals surface area (Å²) in [7, 11) is 3.09. The van der Waals surface area contributed by atoms with Gasteiger partial charge in [0.25, 0.3) is 0 Å². The highest BCUT2D eigenvalue weighted by atomic mass is 35.5. The number of nitrogen functional groups attached to an aromatic ring is 1. The average molecular weight is 447 g/mol. The number of fused-ring (bicyclic) bond motifs is 1. The summed E-state index contributed by atoms with van der Waals surface area (Å²) < 4.78 is 16.2. The van der Waals surface area contributed by atoms with E-state index in [4.69, 9.17) is 48.1 Å². The number of methoxy groups -OCH3 is 2. The zero-order chi connectivity index (χ0) is 21.0. The second-order valence-electron chi connectivity index (χ2n) is 7.79. The van der Waals surface area contributed by atoms with Crippen LogP contribution in [0.5, 0.6) is 11.5 Å². The van der Waals surface area contributed by atoms with Crippen molar-refractivity contribution in [2.24, 2.45) is 5.41 Å². The van der Waals surface area contributed by atoms with Crippen molar-refractivity contribution in [3.63, 3.8) is 0 Å². The second kappa shape index (κ2) is 7.04. The van der Waals surface area contributed by atoms with Crippen LogP contribution in [-0.2, 0) is 4.74 Å². The summed E-state index contributed by atoms with van der Waals surface area (Å²) in [5, 5.41) is 2.57. The van der Waals surface area contributed by atoms with E-state index >= 15 is 0 Å². The van der Waals surface area contributed by atoms with E-state index in [2.05, 4.69) is 9.88 Å². The zero-order valence-corrected chi connectivity index (χ0v) is 18.0. The number of hydrogen-bond acceptors (Lipinski definition) is 7. The third-order valence-electron chi connectivity index (χ3n) is 5.71. The molecular weight excluding hydrogens is 427 g/mol. The highest BCUT2D eigenvalue weighted by molar-refractivity contribution is 6.41. The van der Waals surface area contributed by atoms with E-state index in [-0.39, 0.29) is 5.41 Å². The van der Waals surface area contributed by atoms with Crippen molar-refractivity contribution < 1.29 is 14.2 Å². The number of halogens is 2. The van der Waals surface area contributed by atoms with Crippen LogP contribution in [-0.4, -0.2) is 50.5 Å². The van der Waals surface area contributed by atoms with Crippen LogP contribution in [0.1, 0.15) is 0 Å². The summed E-state index contributed by atoms with van der Waals surface area (Å²) in [6, 6.07) is 5.41. The van der Waals surface area contributed by atoms with Crippen molar-refractivity contribution >= 4 is 45.6 Å². The SMILES string of the molecule is COc1cc(OC)c(Cl)c(-c2cc3cnc(N)cc3c(N3CC4(COC4)C3)n2)c1Cl. The fraction of sp³-hybridized carbons (Fsp3) is 0.333. The lowest BCUT2D eigenvalue weighted by Gasteiger charge is -2.55. The summed E-state index contributed by atoms with van der Waals surface area (Å²) in [5.74, 6) is 2.19. The van der Waals surface area contributed by atoms with E-state index in [9.17, 15) is 0 Å². The lowest BCUT2D eigenvalue weighted by atomic mass is 9.78. The van der Waals surface area contributed by atoms with Crippen LogP contribution in [0.4, 0.5) is 11.6 Å². The molecule has 0 aliphatic carbocycles. The number of rotatable bonds is 4. The van der Waals surface area contributed by atoms with Gasteiger partial charge in [0, 0.05) is 41.7 Å². The van der Waals surface area contributed by atoms with Gasteiger partial charge in [0.1, 0.15) is 23.1 Å². The average Bonchev–Trinajstić information content (AvgIpc) is 2.66. The van der Waals surface area contributed by atoms with Gasteiger partial charge in [-0.1, -0.05) is 23.2 Å². The molecule has 30 heavy (non-hydrogen) atoms. The Bertz CT molecular complexity index is 1130. The maximum atomic E-state index is 6.64. The van der Waals surface area contributed by atoms with Crippen LogP contribution < -0.4 is 20.1 Å². The van der Waals surface area contributed by atoms with Crippen LogP contribution in [0.15, 0.2) is 24.4 Å². The normalized spacial score (nSPS) is 17.0. The van der Waals surface area contributed by atoms with Gasteiger partial charge < -0.3 is 24.8 Å². The van der Waals surface area contributed by atoms with Gasteiger partial charge in [-0.25, -0.2) is 9.97 Å². The van der Waals surface area contributed by atoms with Crippen LogP contribution in [0.3, 0.4) is 0 Å². The molecule has 2 aliphatic heterocycles. The Balaban J connectivity index is 1.70. The van der Waals surface area contributed by atoms with Gasteiger partial charge in [-0.05, 0) is 12.1 Å². The maximum Gasteiger partial charge on any atom is 0.141 e.